The molecule has 0 saturated carbocycles. The highest BCUT2D eigenvalue weighted by atomic mass is 79.9. The highest BCUT2D eigenvalue weighted by Gasteiger charge is 2.28. The average molecular weight is 352 g/mol. The van der Waals surface area contributed by atoms with E-state index in [-0.39, 0.29) is 6.10 Å². The van der Waals surface area contributed by atoms with Crippen LogP contribution in [-0.2, 0) is 6.54 Å². The van der Waals surface area contributed by atoms with Crippen LogP contribution in [0.15, 0.2) is 34.8 Å². The highest BCUT2D eigenvalue weighted by Crippen LogP contribution is 2.37. The zero-order chi connectivity index (χ0) is 14.1. The van der Waals surface area contributed by atoms with Crippen LogP contribution in [0.3, 0.4) is 0 Å². The van der Waals surface area contributed by atoms with Gasteiger partial charge in [0.25, 0.3) is 0 Å². The molecular formula is C16H18BrNOS. The molecule has 20 heavy (non-hydrogen) atoms. The molecule has 0 amide bonds. The Morgan fingerprint density at radius 1 is 1.40 bits per heavy atom. The summed E-state index contributed by atoms with van der Waals surface area (Å²) in [5.41, 5.74) is 1.43. The Bertz CT molecular complexity index is 610. The lowest BCUT2D eigenvalue weighted by molar-refractivity contribution is 0.118. The maximum atomic E-state index is 6.28. The number of rotatable bonds is 3. The third-order valence-corrected chi connectivity index (χ3v) is 5.47. The molecule has 1 aliphatic rings. The summed E-state index contributed by atoms with van der Waals surface area (Å²) in [4.78, 5) is 5.20. The van der Waals surface area contributed by atoms with E-state index < -0.39 is 0 Å². The molecule has 1 aromatic heterocycles. The molecule has 0 saturated heterocycles. The molecule has 1 aromatic carbocycles. The lowest BCUT2D eigenvalue weighted by atomic mass is 10.1. The Hall–Kier alpha value is -0.840. The van der Waals surface area contributed by atoms with Crippen molar-refractivity contribution < 1.29 is 4.74 Å². The fraction of sp³-hybridized carbons (Fsp3) is 0.375. The average Bonchev–Trinajstić information content (AvgIpc) is 2.81. The number of benzene rings is 1. The molecule has 0 spiro atoms. The van der Waals surface area contributed by atoms with Crippen LogP contribution in [0, 0.1) is 6.92 Å². The number of fused-ring (bicyclic) bond motifs is 1. The Kier molecular flexibility index (Phi) is 4.15. The molecule has 106 valence electrons. The van der Waals surface area contributed by atoms with Crippen LogP contribution in [-0.4, -0.2) is 18.0 Å². The zero-order valence-electron chi connectivity index (χ0n) is 11.7. The van der Waals surface area contributed by atoms with Crippen molar-refractivity contribution in [2.75, 3.05) is 13.1 Å². The van der Waals surface area contributed by atoms with Gasteiger partial charge in [-0.2, -0.15) is 0 Å². The summed E-state index contributed by atoms with van der Waals surface area (Å²) in [7, 11) is 0. The molecule has 1 unspecified atom stereocenters. The van der Waals surface area contributed by atoms with Crippen molar-refractivity contribution >= 4 is 27.3 Å². The van der Waals surface area contributed by atoms with Crippen molar-refractivity contribution in [2.24, 2.45) is 0 Å². The number of ether oxygens (including phenoxy) is 1. The first-order chi connectivity index (χ1) is 9.67. The minimum absolute atomic E-state index is 0.135. The van der Waals surface area contributed by atoms with E-state index >= 15 is 0 Å². The standard InChI is InChI=1S/C16H18BrNOS/c1-3-18-9-12-8-11(2)20-16(12)15(10-18)19-14-7-5-4-6-13(14)17/h4-8,15H,3,9-10H2,1-2H3. The summed E-state index contributed by atoms with van der Waals surface area (Å²) in [5.74, 6) is 0.924. The molecule has 0 bridgehead atoms. The van der Waals surface area contributed by atoms with Crippen LogP contribution in [0.2, 0.25) is 0 Å². The SMILES string of the molecule is CCN1Cc2cc(C)sc2C(Oc2ccccc2Br)C1. The predicted octanol–water partition coefficient (Wildman–Crippen LogP) is 4.77. The summed E-state index contributed by atoms with van der Waals surface area (Å²) in [6, 6.07) is 10.4. The summed E-state index contributed by atoms with van der Waals surface area (Å²) < 4.78 is 7.30. The van der Waals surface area contributed by atoms with E-state index in [9.17, 15) is 0 Å². The molecule has 2 aromatic rings. The van der Waals surface area contributed by atoms with E-state index in [1.165, 1.54) is 15.3 Å². The highest BCUT2D eigenvalue weighted by molar-refractivity contribution is 9.10. The maximum Gasteiger partial charge on any atom is 0.146 e. The Morgan fingerprint density at radius 3 is 2.95 bits per heavy atom. The maximum absolute atomic E-state index is 6.28. The Balaban J connectivity index is 1.90. The van der Waals surface area contributed by atoms with E-state index in [1.54, 1.807) is 0 Å². The van der Waals surface area contributed by atoms with Crippen molar-refractivity contribution in [3.8, 4) is 5.75 Å². The van der Waals surface area contributed by atoms with E-state index in [2.05, 4.69) is 40.7 Å². The minimum atomic E-state index is 0.135. The number of aryl methyl sites for hydroxylation is 1. The Labute approximate surface area is 132 Å². The Morgan fingerprint density at radius 2 is 2.20 bits per heavy atom. The molecule has 2 nitrogen and oxygen atoms in total. The van der Waals surface area contributed by atoms with Crippen molar-refractivity contribution in [2.45, 2.75) is 26.5 Å². The third kappa shape index (κ3) is 2.78. The number of hydrogen-bond acceptors (Lipinski definition) is 3. The van der Waals surface area contributed by atoms with Gasteiger partial charge in [-0.05, 0) is 53.2 Å². The van der Waals surface area contributed by atoms with Crippen molar-refractivity contribution in [3.63, 3.8) is 0 Å². The van der Waals surface area contributed by atoms with Crippen LogP contribution in [0.25, 0.3) is 0 Å². The number of para-hydroxylation sites is 1. The van der Waals surface area contributed by atoms with Gasteiger partial charge in [0.2, 0.25) is 0 Å². The number of likely N-dealkylation sites (N-methyl/N-ethyl adjacent to an activating group) is 1. The van der Waals surface area contributed by atoms with E-state index in [4.69, 9.17) is 4.74 Å². The van der Waals surface area contributed by atoms with Gasteiger partial charge in [-0.1, -0.05) is 19.1 Å². The molecule has 0 fully saturated rings. The molecule has 0 radical (unpaired) electrons. The molecule has 0 N–H and O–H groups in total. The first-order valence-electron chi connectivity index (χ1n) is 6.90. The van der Waals surface area contributed by atoms with E-state index in [0.717, 1.165) is 29.9 Å². The summed E-state index contributed by atoms with van der Waals surface area (Å²) in [6.07, 6.45) is 0.135. The molecule has 0 aliphatic carbocycles. The predicted molar refractivity (Wildman–Crippen MR) is 87.5 cm³/mol. The van der Waals surface area contributed by atoms with Crippen molar-refractivity contribution in [1.82, 2.24) is 4.90 Å². The monoisotopic (exact) mass is 351 g/mol. The first kappa shape index (κ1) is 14.1. The fourth-order valence-electron chi connectivity index (χ4n) is 2.63. The van der Waals surface area contributed by atoms with Gasteiger partial charge in [0.15, 0.2) is 0 Å². The van der Waals surface area contributed by atoms with Crippen LogP contribution in [0.1, 0.15) is 28.3 Å². The quantitative estimate of drug-likeness (QED) is 0.789. The van der Waals surface area contributed by atoms with Crippen LogP contribution in [0.5, 0.6) is 5.75 Å². The van der Waals surface area contributed by atoms with Crippen molar-refractivity contribution in [3.05, 3.63) is 50.1 Å². The van der Waals surface area contributed by atoms with Gasteiger partial charge < -0.3 is 4.74 Å². The molecular weight excluding hydrogens is 334 g/mol. The summed E-state index contributed by atoms with van der Waals surface area (Å²) in [5, 5.41) is 0. The number of hydrogen-bond donors (Lipinski definition) is 0. The third-order valence-electron chi connectivity index (χ3n) is 3.63. The van der Waals surface area contributed by atoms with Gasteiger partial charge in [0.05, 0.1) is 9.35 Å². The smallest absolute Gasteiger partial charge is 0.146 e. The topological polar surface area (TPSA) is 12.5 Å². The second kappa shape index (κ2) is 5.88. The lowest BCUT2D eigenvalue weighted by Gasteiger charge is -2.32. The van der Waals surface area contributed by atoms with Gasteiger partial charge in [0, 0.05) is 18.0 Å². The molecule has 1 atom stereocenters. The molecule has 1 aliphatic heterocycles. The van der Waals surface area contributed by atoms with Crippen LogP contribution >= 0.6 is 27.3 Å². The lowest BCUT2D eigenvalue weighted by Crippen LogP contribution is -2.34. The van der Waals surface area contributed by atoms with Crippen LogP contribution < -0.4 is 4.74 Å². The summed E-state index contributed by atoms with van der Waals surface area (Å²) in [6.45, 7) is 7.45. The second-order valence-electron chi connectivity index (χ2n) is 5.11. The normalized spacial score (nSPS) is 18.9. The molecule has 3 rings (SSSR count). The van der Waals surface area contributed by atoms with Gasteiger partial charge in [-0.3, -0.25) is 4.90 Å². The summed E-state index contributed by atoms with van der Waals surface area (Å²) >= 11 is 5.43. The van der Waals surface area contributed by atoms with Gasteiger partial charge >= 0.3 is 0 Å². The van der Waals surface area contributed by atoms with Crippen LogP contribution in [0.4, 0.5) is 0 Å². The van der Waals surface area contributed by atoms with E-state index in [0.29, 0.717) is 0 Å². The van der Waals surface area contributed by atoms with Gasteiger partial charge in [-0.25, -0.2) is 0 Å². The first-order valence-corrected chi connectivity index (χ1v) is 8.51. The largest absolute Gasteiger partial charge is 0.482 e. The zero-order valence-corrected chi connectivity index (χ0v) is 14.1. The van der Waals surface area contributed by atoms with Gasteiger partial charge in [0.1, 0.15) is 11.9 Å². The fourth-order valence-corrected chi connectivity index (χ4v) is 4.06. The van der Waals surface area contributed by atoms with Gasteiger partial charge in [-0.15, -0.1) is 11.3 Å². The minimum Gasteiger partial charge on any atom is -0.482 e. The molecule has 2 heterocycles. The van der Waals surface area contributed by atoms with Crippen molar-refractivity contribution in [1.29, 1.82) is 0 Å². The number of thiophene rings is 1. The van der Waals surface area contributed by atoms with E-state index in [1.807, 2.05) is 35.6 Å². The number of halogens is 1. The molecule has 4 heteroatoms. The second-order valence-corrected chi connectivity index (χ2v) is 7.25. The number of nitrogens with zero attached hydrogens (tertiary/aromatic N) is 1.